The van der Waals surface area contributed by atoms with Gasteiger partial charge in [-0.15, -0.1) is 10.2 Å². The van der Waals surface area contributed by atoms with E-state index in [1.165, 1.54) is 10.9 Å². The number of aromatic hydroxyl groups is 1. The fourth-order valence-corrected chi connectivity index (χ4v) is 3.68. The number of benzene rings is 4. The summed E-state index contributed by atoms with van der Waals surface area (Å²) in [7, 11) is 0. The summed E-state index contributed by atoms with van der Waals surface area (Å²) in [6.45, 7) is 0. The second-order valence-electron chi connectivity index (χ2n) is 7.60. The van der Waals surface area contributed by atoms with Crippen LogP contribution in [0.25, 0.3) is 16.5 Å². The van der Waals surface area contributed by atoms with Crippen molar-refractivity contribution in [2.75, 3.05) is 5.32 Å². The second-order valence-corrected chi connectivity index (χ2v) is 7.60. The molecule has 5 rings (SSSR count). The second kappa shape index (κ2) is 9.29. The van der Waals surface area contributed by atoms with Crippen molar-refractivity contribution < 1.29 is 9.90 Å². The Bertz CT molecular complexity index is 1600. The van der Waals surface area contributed by atoms with Crippen LogP contribution in [-0.4, -0.2) is 20.8 Å². The molecule has 4 aromatic carbocycles. The Kier molecular flexibility index (Phi) is 5.72. The number of anilines is 1. The number of phenols is 1. The van der Waals surface area contributed by atoms with Gasteiger partial charge in [-0.1, -0.05) is 60.7 Å². The number of rotatable bonds is 5. The topological polar surface area (TPSA) is 116 Å². The van der Waals surface area contributed by atoms with Crippen molar-refractivity contribution in [1.29, 1.82) is 5.26 Å². The van der Waals surface area contributed by atoms with Gasteiger partial charge < -0.3 is 10.4 Å². The van der Waals surface area contributed by atoms with Gasteiger partial charge in [-0.2, -0.15) is 10.4 Å². The van der Waals surface area contributed by atoms with E-state index in [9.17, 15) is 15.2 Å². The summed E-state index contributed by atoms with van der Waals surface area (Å²) in [5, 5.41) is 37.6. The number of amides is 1. The molecule has 0 bridgehead atoms. The van der Waals surface area contributed by atoms with Gasteiger partial charge >= 0.3 is 0 Å². The molecule has 8 heteroatoms. The highest BCUT2D eigenvalue weighted by atomic mass is 16.3. The van der Waals surface area contributed by atoms with Crippen LogP contribution in [0, 0.1) is 11.3 Å². The average molecular weight is 458 g/mol. The minimum Gasteiger partial charge on any atom is -0.505 e. The van der Waals surface area contributed by atoms with E-state index >= 15 is 0 Å². The van der Waals surface area contributed by atoms with Crippen LogP contribution in [0.15, 0.2) is 107 Å². The Morgan fingerprint density at radius 1 is 0.943 bits per heavy atom. The number of azo groups is 1. The van der Waals surface area contributed by atoms with E-state index in [0.717, 1.165) is 0 Å². The highest BCUT2D eigenvalue weighted by Gasteiger charge is 2.19. The van der Waals surface area contributed by atoms with Crippen molar-refractivity contribution in [2.45, 2.75) is 0 Å². The number of fused-ring (bicyclic) bond motifs is 1. The minimum atomic E-state index is -0.483. The van der Waals surface area contributed by atoms with Gasteiger partial charge in [-0.25, -0.2) is 4.68 Å². The van der Waals surface area contributed by atoms with Gasteiger partial charge in [0.1, 0.15) is 17.3 Å². The van der Waals surface area contributed by atoms with Crippen molar-refractivity contribution >= 4 is 33.9 Å². The summed E-state index contributed by atoms with van der Waals surface area (Å²) < 4.78 is 1.49. The molecule has 0 unspecified atom stereocenters. The average Bonchev–Trinajstić information content (AvgIpc) is 3.32. The molecule has 0 radical (unpaired) electrons. The quantitative estimate of drug-likeness (QED) is 0.302. The molecule has 0 aliphatic carbocycles. The van der Waals surface area contributed by atoms with E-state index in [1.807, 2.05) is 48.5 Å². The third-order valence-electron chi connectivity index (χ3n) is 5.38. The van der Waals surface area contributed by atoms with Gasteiger partial charge in [0, 0.05) is 11.1 Å². The molecule has 0 aliphatic heterocycles. The van der Waals surface area contributed by atoms with Crippen molar-refractivity contribution in [3.05, 3.63) is 108 Å². The molecule has 0 atom stereocenters. The zero-order valence-corrected chi connectivity index (χ0v) is 18.3. The minimum absolute atomic E-state index is 0.0542. The number of nitrogens with zero attached hydrogens (tertiary/aromatic N) is 5. The number of carbonyl (C=O) groups is 1. The van der Waals surface area contributed by atoms with E-state index in [-0.39, 0.29) is 28.4 Å². The lowest BCUT2D eigenvalue weighted by atomic mass is 10.0. The smallest absolute Gasteiger partial charge is 0.259 e. The van der Waals surface area contributed by atoms with Gasteiger partial charge in [-0.05, 0) is 35.7 Å². The zero-order chi connectivity index (χ0) is 24.2. The Labute approximate surface area is 200 Å². The van der Waals surface area contributed by atoms with Gasteiger partial charge in [0.25, 0.3) is 5.91 Å². The van der Waals surface area contributed by atoms with E-state index in [2.05, 4.69) is 26.7 Å². The Balaban J connectivity index is 1.61. The van der Waals surface area contributed by atoms with Crippen molar-refractivity contribution in [3.63, 3.8) is 0 Å². The number of hydrogen-bond acceptors (Lipinski definition) is 6. The van der Waals surface area contributed by atoms with Gasteiger partial charge in [0.15, 0.2) is 11.6 Å². The highest BCUT2D eigenvalue weighted by Crippen LogP contribution is 2.40. The first-order valence-electron chi connectivity index (χ1n) is 10.7. The van der Waals surface area contributed by atoms with Gasteiger partial charge in [-0.3, -0.25) is 4.79 Å². The molecule has 0 aliphatic rings. The number of carbonyl (C=O) groups excluding carboxylic acids is 1. The van der Waals surface area contributed by atoms with E-state index in [1.54, 1.807) is 42.5 Å². The molecule has 168 valence electrons. The van der Waals surface area contributed by atoms with Crippen LogP contribution in [0.4, 0.5) is 17.2 Å². The van der Waals surface area contributed by atoms with Crippen molar-refractivity contribution in [2.24, 2.45) is 10.2 Å². The number of hydrogen-bond donors (Lipinski definition) is 2. The van der Waals surface area contributed by atoms with E-state index < -0.39 is 5.91 Å². The molecular weight excluding hydrogens is 440 g/mol. The summed E-state index contributed by atoms with van der Waals surface area (Å²) >= 11 is 0. The SMILES string of the molecule is N#Cc1cnn(-c2ccccc2)c1N=Nc1c(O)c(C(=O)Nc2ccccc2)cc2ccccc12. The number of para-hydroxylation sites is 2. The van der Waals surface area contributed by atoms with Gasteiger partial charge in [0.2, 0.25) is 0 Å². The van der Waals surface area contributed by atoms with Crippen LogP contribution in [0.2, 0.25) is 0 Å². The number of phenolic OH excluding ortho intramolecular Hbond substituents is 1. The summed E-state index contributed by atoms with van der Waals surface area (Å²) in [5.74, 6) is -0.588. The molecule has 1 heterocycles. The van der Waals surface area contributed by atoms with Crippen LogP contribution in [0.1, 0.15) is 15.9 Å². The fourth-order valence-electron chi connectivity index (χ4n) is 3.68. The first-order valence-corrected chi connectivity index (χ1v) is 10.7. The molecule has 8 nitrogen and oxygen atoms in total. The van der Waals surface area contributed by atoms with E-state index in [0.29, 0.717) is 22.1 Å². The number of nitrogens with one attached hydrogen (secondary N) is 1. The zero-order valence-electron chi connectivity index (χ0n) is 18.3. The normalized spacial score (nSPS) is 10.9. The van der Waals surface area contributed by atoms with Crippen LogP contribution < -0.4 is 5.32 Å². The predicted octanol–water partition coefficient (Wildman–Crippen LogP) is 6.27. The molecule has 0 saturated carbocycles. The first-order chi connectivity index (χ1) is 17.2. The number of nitriles is 1. The molecule has 35 heavy (non-hydrogen) atoms. The van der Waals surface area contributed by atoms with Crippen LogP contribution in [-0.2, 0) is 0 Å². The fraction of sp³-hybridized carbons (Fsp3) is 0. The largest absolute Gasteiger partial charge is 0.505 e. The Morgan fingerprint density at radius 3 is 2.37 bits per heavy atom. The molecule has 5 aromatic rings. The third kappa shape index (κ3) is 4.21. The molecular formula is C27H18N6O2. The van der Waals surface area contributed by atoms with Crippen LogP contribution >= 0.6 is 0 Å². The molecule has 0 spiro atoms. The maximum atomic E-state index is 13.0. The Hall–Kier alpha value is -5.29. The monoisotopic (exact) mass is 458 g/mol. The van der Waals surface area contributed by atoms with E-state index in [4.69, 9.17) is 0 Å². The molecule has 0 fully saturated rings. The van der Waals surface area contributed by atoms with Crippen molar-refractivity contribution in [3.8, 4) is 17.5 Å². The summed E-state index contributed by atoms with van der Waals surface area (Å²) in [6, 6.07) is 29.1. The lowest BCUT2D eigenvalue weighted by Gasteiger charge is -2.11. The first kappa shape index (κ1) is 21.6. The van der Waals surface area contributed by atoms with Crippen molar-refractivity contribution in [1.82, 2.24) is 9.78 Å². The summed E-state index contributed by atoms with van der Waals surface area (Å²) in [4.78, 5) is 13.0. The maximum absolute atomic E-state index is 13.0. The maximum Gasteiger partial charge on any atom is 0.259 e. The molecule has 0 saturated heterocycles. The highest BCUT2D eigenvalue weighted by molar-refractivity contribution is 6.11. The third-order valence-corrected chi connectivity index (χ3v) is 5.38. The molecule has 1 amide bonds. The van der Waals surface area contributed by atoms with Crippen LogP contribution in [0.3, 0.4) is 0 Å². The lowest BCUT2D eigenvalue weighted by molar-refractivity contribution is 0.102. The number of aromatic nitrogens is 2. The summed E-state index contributed by atoms with van der Waals surface area (Å²) in [5.41, 5.74) is 1.69. The predicted molar refractivity (Wildman–Crippen MR) is 132 cm³/mol. The standard InChI is InChI=1S/C27H18N6O2/c28-16-19-17-29-33(21-12-5-2-6-13-21)26(19)32-31-24-22-14-8-7-9-18(22)15-23(25(24)34)27(35)30-20-10-3-1-4-11-20/h1-15,17,34H,(H,30,35). The molecule has 2 N–H and O–H groups in total. The lowest BCUT2D eigenvalue weighted by Crippen LogP contribution is -2.12. The molecule has 1 aromatic heterocycles. The van der Waals surface area contributed by atoms with Crippen LogP contribution in [0.5, 0.6) is 5.75 Å². The summed E-state index contributed by atoms with van der Waals surface area (Å²) in [6.07, 6.45) is 1.41. The Morgan fingerprint density at radius 2 is 1.63 bits per heavy atom. The van der Waals surface area contributed by atoms with Gasteiger partial charge in [0.05, 0.1) is 17.4 Å².